The zero-order chi connectivity index (χ0) is 23.4. The Morgan fingerprint density at radius 1 is 1.06 bits per heavy atom. The summed E-state index contributed by atoms with van der Waals surface area (Å²) in [4.78, 5) is 12.2. The van der Waals surface area contributed by atoms with Crippen molar-refractivity contribution in [2.45, 2.75) is 76.2 Å². The van der Waals surface area contributed by atoms with E-state index in [0.29, 0.717) is 33.5 Å². The van der Waals surface area contributed by atoms with Gasteiger partial charge in [0.15, 0.2) is 5.78 Å². The first-order valence-electron chi connectivity index (χ1n) is 12.1. The zero-order valence-corrected chi connectivity index (χ0v) is 25.1. The Bertz CT molecular complexity index is 1010. The summed E-state index contributed by atoms with van der Waals surface area (Å²) in [5, 5.41) is 11.7. The molecule has 0 radical (unpaired) electrons. The van der Waals surface area contributed by atoms with Gasteiger partial charge in [-0.25, -0.2) is 0 Å². The van der Waals surface area contributed by atoms with E-state index in [4.69, 9.17) is 4.74 Å². The molecule has 3 fully saturated rings. The van der Waals surface area contributed by atoms with Gasteiger partial charge in [-0.05, 0) is 97.6 Å². The topological polar surface area (TPSA) is 46.5 Å². The summed E-state index contributed by atoms with van der Waals surface area (Å²) < 4.78 is 5.41. The number of methoxy groups -OCH3 is 1. The Labute approximate surface area is 226 Å². The molecule has 1 aromatic carbocycles. The van der Waals surface area contributed by atoms with Gasteiger partial charge in [-0.2, -0.15) is 0 Å². The number of hydrogen-bond acceptors (Lipinski definition) is 3. The molecule has 1 unspecified atom stereocenters. The number of rotatable bonds is 2. The molecule has 1 aromatic rings. The molecule has 0 aliphatic heterocycles. The molecule has 33 heavy (non-hydrogen) atoms. The molecule has 3 atom stereocenters. The van der Waals surface area contributed by atoms with Gasteiger partial charge in [0, 0.05) is 17.8 Å². The van der Waals surface area contributed by atoms with Gasteiger partial charge in [-0.1, -0.05) is 24.6 Å². The maximum absolute atomic E-state index is 12.2. The summed E-state index contributed by atoms with van der Waals surface area (Å²) in [6.45, 7) is 2.40. The van der Waals surface area contributed by atoms with E-state index in [0.717, 1.165) is 57.1 Å². The molecule has 0 saturated heterocycles. The molecule has 1 N–H and O–H groups in total. The minimum absolute atomic E-state index is 0.0228. The fraction of sp³-hybridized carbons (Fsp3) is 0.593. The van der Waals surface area contributed by atoms with Gasteiger partial charge < -0.3 is 9.84 Å². The number of hydrogen-bond donors (Lipinski definition) is 1. The van der Waals surface area contributed by atoms with E-state index in [-0.39, 0.29) is 10.8 Å². The van der Waals surface area contributed by atoms with E-state index in [1.54, 1.807) is 12.7 Å². The van der Waals surface area contributed by atoms with Crippen LogP contribution in [0.15, 0.2) is 47.1 Å². The van der Waals surface area contributed by atoms with Crippen molar-refractivity contribution in [3.05, 3.63) is 52.6 Å². The second kappa shape index (κ2) is 9.24. The summed E-state index contributed by atoms with van der Waals surface area (Å²) >= 11 is 4.74. The van der Waals surface area contributed by atoms with Crippen molar-refractivity contribution in [3.63, 3.8) is 0 Å². The van der Waals surface area contributed by atoms with Gasteiger partial charge in [0.05, 0.1) is 12.7 Å². The van der Waals surface area contributed by atoms with Crippen molar-refractivity contribution in [2.24, 2.45) is 16.7 Å². The van der Waals surface area contributed by atoms with Gasteiger partial charge in [0.25, 0.3) is 0 Å². The first-order chi connectivity index (χ1) is 15.8. The average molecular weight is 709 g/mol. The number of fused-ring (bicyclic) bond motifs is 2. The molecule has 0 spiro atoms. The Morgan fingerprint density at radius 3 is 2.36 bits per heavy atom. The number of carbonyl (C=O) groups excluding carboxylic acids is 1. The van der Waals surface area contributed by atoms with E-state index >= 15 is 0 Å². The molecule has 177 valence electrons. The summed E-state index contributed by atoms with van der Waals surface area (Å²) in [6, 6.07) is 8.60. The molecule has 2 bridgehead atoms. The number of ether oxygens (including phenoxy) is 1. The quantitative estimate of drug-likeness (QED) is 0.329. The number of halogens is 2. The van der Waals surface area contributed by atoms with Crippen LogP contribution in [-0.4, -0.2) is 23.6 Å². The Kier molecular flexibility index (Phi) is 6.96. The van der Waals surface area contributed by atoms with Gasteiger partial charge in [-0.3, -0.25) is 4.79 Å². The van der Waals surface area contributed by atoms with Crippen LogP contribution in [0.2, 0.25) is 0 Å². The second-order valence-electron chi connectivity index (χ2n) is 10.8. The third-order valence-corrected chi connectivity index (χ3v) is 10.0. The molecule has 3 nitrogen and oxygen atoms in total. The number of allylic oxidation sites excluding steroid dienone is 4. The fourth-order valence-corrected chi connectivity index (χ4v) is 8.46. The van der Waals surface area contributed by atoms with Crippen LogP contribution in [-0.2, 0) is 14.3 Å². The predicted octanol–water partition coefficient (Wildman–Crippen LogP) is 7.26. The Hall–Kier alpha value is 0.174. The summed E-state index contributed by atoms with van der Waals surface area (Å²) in [6.07, 6.45) is 10.9. The maximum atomic E-state index is 12.2. The Balaban J connectivity index is 0.000000724. The molecule has 6 heteroatoms. The van der Waals surface area contributed by atoms with E-state index in [1.807, 2.05) is 6.08 Å². The third-order valence-electron chi connectivity index (χ3n) is 10.0. The van der Waals surface area contributed by atoms with Crippen molar-refractivity contribution in [2.75, 3.05) is 7.11 Å². The van der Waals surface area contributed by atoms with Crippen molar-refractivity contribution in [1.29, 1.82) is 0 Å². The van der Waals surface area contributed by atoms with E-state index in [2.05, 4.69) is 71.1 Å². The predicted molar refractivity (Wildman–Crippen MR) is 144 cm³/mol. The first kappa shape index (κ1) is 24.9. The average Bonchev–Trinajstić information content (AvgIpc) is 3.19. The Morgan fingerprint density at radius 2 is 1.73 bits per heavy atom. The van der Waals surface area contributed by atoms with Gasteiger partial charge in [0.2, 0.25) is 0 Å². The van der Waals surface area contributed by atoms with Gasteiger partial charge in [0.1, 0.15) is 5.75 Å². The molecule has 3 saturated carbocycles. The van der Waals surface area contributed by atoms with Crippen LogP contribution in [0.25, 0.3) is 0 Å². The van der Waals surface area contributed by atoms with Crippen LogP contribution in [0.4, 0.5) is 0 Å². The molecule has 0 aromatic heterocycles. The SMILES string of the molecule is COc1ccc([C@H]2C[C@]3(C)C4(O)CCC3(CC4)C3CCC4=CC(=O)CCC4=C32)cc1.[I][V][I]. The van der Waals surface area contributed by atoms with Crippen molar-refractivity contribution in [1.82, 2.24) is 0 Å². The van der Waals surface area contributed by atoms with E-state index in [9.17, 15) is 9.90 Å². The molecule has 0 amide bonds. The standard InChI is InChI=1S/C27H32O3.2HI.V/c1-25-16-22(17-3-7-20(30-2)8-4-17)24-21-9-6-19(28)15-18(21)5-10-23(24)26(25)11-13-27(25,29)14-12-26;;;/h3-4,7-8,15,22-23,29H,5-6,9-14,16H2,1-2H3;2*1H;/q;;;+2/p-2/t22-,23?,25+,26?,27?;;;/m1.../s1. The minimum atomic E-state index is -0.507. The molecular formula is C27H32I2O3V. The van der Waals surface area contributed by atoms with Crippen LogP contribution in [0.1, 0.15) is 76.2 Å². The van der Waals surface area contributed by atoms with Crippen molar-refractivity contribution in [3.8, 4) is 5.75 Å². The van der Waals surface area contributed by atoms with Gasteiger partial charge >= 0.3 is 49.4 Å². The van der Waals surface area contributed by atoms with Crippen molar-refractivity contribution < 1.29 is 24.1 Å². The summed E-state index contributed by atoms with van der Waals surface area (Å²) in [7, 11) is 2.34. The fourth-order valence-electron chi connectivity index (χ4n) is 8.46. The molecule has 5 aliphatic rings. The normalized spacial score (nSPS) is 38.5. The van der Waals surface area contributed by atoms with Crippen LogP contribution in [0.5, 0.6) is 5.75 Å². The monoisotopic (exact) mass is 709 g/mol. The van der Waals surface area contributed by atoms with Crippen molar-refractivity contribution >= 4 is 45.7 Å². The number of aliphatic hydroxyl groups is 1. The molecule has 0 heterocycles. The van der Waals surface area contributed by atoms with E-state index in [1.165, 1.54) is 16.7 Å². The number of ketones is 1. The molecule has 5 aliphatic carbocycles. The second-order valence-corrected chi connectivity index (χ2v) is 22.6. The van der Waals surface area contributed by atoms with Crippen LogP contribution < -0.4 is 4.74 Å². The van der Waals surface area contributed by atoms with Crippen LogP contribution >= 0.6 is 40.0 Å². The van der Waals surface area contributed by atoms with Crippen LogP contribution in [0, 0.1) is 16.7 Å². The van der Waals surface area contributed by atoms with Gasteiger partial charge in [-0.15, -0.1) is 0 Å². The zero-order valence-electron chi connectivity index (χ0n) is 19.4. The summed E-state index contributed by atoms with van der Waals surface area (Å²) in [5.74, 6) is 2.05. The first-order valence-corrected chi connectivity index (χ1v) is 21.1. The van der Waals surface area contributed by atoms with Crippen LogP contribution in [0.3, 0.4) is 0 Å². The summed E-state index contributed by atoms with van der Waals surface area (Å²) in [5.41, 5.74) is 5.46. The van der Waals surface area contributed by atoms with E-state index < -0.39 is 5.60 Å². The molecular weight excluding hydrogens is 677 g/mol. The number of carbonyl (C=O) groups is 1. The molecule has 6 rings (SSSR count). The number of benzene rings is 1. The third kappa shape index (κ3) is 3.68.